The van der Waals surface area contributed by atoms with E-state index in [1.54, 1.807) is 12.1 Å². The molecule has 1 aromatic carbocycles. The van der Waals surface area contributed by atoms with E-state index in [0.717, 1.165) is 4.68 Å². The van der Waals surface area contributed by atoms with Crippen molar-refractivity contribution >= 4 is 11.6 Å². The second-order valence-electron chi connectivity index (χ2n) is 3.72. The molecule has 0 spiro atoms. The van der Waals surface area contributed by atoms with Crippen LogP contribution in [0.15, 0.2) is 30.5 Å². The summed E-state index contributed by atoms with van der Waals surface area (Å²) in [5, 5.41) is 3.93. The molecule has 3 nitrogen and oxygen atoms in total. The number of aromatic nitrogens is 2. The highest BCUT2D eigenvalue weighted by atomic mass is 35.5. The summed E-state index contributed by atoms with van der Waals surface area (Å²) >= 11 is 5.95. The number of rotatable bonds is 3. The predicted molar refractivity (Wildman–Crippen MR) is 67.9 cm³/mol. The van der Waals surface area contributed by atoms with E-state index < -0.39 is 17.6 Å². The van der Waals surface area contributed by atoms with Crippen LogP contribution in [0.4, 0.5) is 13.2 Å². The van der Waals surface area contributed by atoms with Gasteiger partial charge in [-0.3, -0.25) is 0 Å². The molecule has 0 N–H and O–H groups in total. The molecule has 2 rings (SSSR count). The highest BCUT2D eigenvalue weighted by Gasteiger charge is 2.38. The van der Waals surface area contributed by atoms with E-state index in [2.05, 4.69) is 11.0 Å². The molecule has 0 aliphatic heterocycles. The third-order valence-corrected chi connectivity index (χ3v) is 2.72. The van der Waals surface area contributed by atoms with Crippen molar-refractivity contribution < 1.29 is 17.9 Å². The minimum Gasteiger partial charge on any atom is -0.464 e. The largest absolute Gasteiger partial charge is 0.464 e. The number of para-hydroxylation sites is 1. The Hall–Kier alpha value is -2.13. The van der Waals surface area contributed by atoms with Crippen LogP contribution in [0, 0.1) is 12.3 Å². The Labute approximate surface area is 117 Å². The summed E-state index contributed by atoms with van der Waals surface area (Å²) in [5.41, 5.74) is -0.732. The molecule has 1 heterocycles. The lowest BCUT2D eigenvalue weighted by Gasteiger charge is -2.12. The molecule has 0 aliphatic carbocycles. The van der Waals surface area contributed by atoms with Gasteiger partial charge in [0.05, 0.1) is 16.9 Å². The number of hydrogen-bond acceptors (Lipinski definition) is 2. The highest BCUT2D eigenvalue weighted by molar-refractivity contribution is 6.32. The Morgan fingerprint density at radius 3 is 2.65 bits per heavy atom. The Balaban J connectivity index is 2.57. The third-order valence-electron chi connectivity index (χ3n) is 2.40. The van der Waals surface area contributed by atoms with Crippen molar-refractivity contribution in [1.29, 1.82) is 0 Å². The fourth-order valence-corrected chi connectivity index (χ4v) is 1.79. The van der Waals surface area contributed by atoms with E-state index in [1.165, 1.54) is 12.1 Å². The first kappa shape index (κ1) is 14.3. The molecule has 0 fully saturated rings. The van der Waals surface area contributed by atoms with Gasteiger partial charge in [-0.1, -0.05) is 29.7 Å². The van der Waals surface area contributed by atoms with Crippen molar-refractivity contribution in [2.24, 2.45) is 0 Å². The van der Waals surface area contributed by atoms with Gasteiger partial charge in [0, 0.05) is 0 Å². The minimum atomic E-state index is -4.59. The number of terminal acetylenes is 1. The standard InChI is InChI=1S/C13H8ClF3N2O/c1-2-7-20-12-9(13(15,16)17)8-18-19(12)11-6-4-3-5-10(11)14/h1,3-6,8H,7H2. The molecule has 104 valence electrons. The number of alkyl halides is 3. The van der Waals surface area contributed by atoms with Gasteiger partial charge in [-0.05, 0) is 12.1 Å². The molecule has 1 aromatic heterocycles. The van der Waals surface area contributed by atoms with Gasteiger partial charge in [-0.15, -0.1) is 6.42 Å². The van der Waals surface area contributed by atoms with E-state index in [0.29, 0.717) is 6.20 Å². The molecule has 0 atom stereocenters. The lowest BCUT2D eigenvalue weighted by molar-refractivity contribution is -0.138. The first-order valence-corrected chi connectivity index (χ1v) is 5.79. The van der Waals surface area contributed by atoms with Crippen LogP contribution in [0.25, 0.3) is 5.69 Å². The second kappa shape index (κ2) is 5.47. The van der Waals surface area contributed by atoms with Crippen molar-refractivity contribution in [3.63, 3.8) is 0 Å². The zero-order valence-corrected chi connectivity index (χ0v) is 10.7. The topological polar surface area (TPSA) is 27.1 Å². The van der Waals surface area contributed by atoms with Crippen LogP contribution in [0.3, 0.4) is 0 Å². The quantitative estimate of drug-likeness (QED) is 0.811. The SMILES string of the molecule is C#CCOc1c(C(F)(F)F)cnn1-c1ccccc1Cl. The number of halogens is 4. The molecule has 0 bridgehead atoms. The fraction of sp³-hybridized carbons (Fsp3) is 0.154. The van der Waals surface area contributed by atoms with Crippen LogP contribution >= 0.6 is 11.6 Å². The smallest absolute Gasteiger partial charge is 0.423 e. The molecule has 20 heavy (non-hydrogen) atoms. The Bertz CT molecular complexity index is 658. The summed E-state index contributed by atoms with van der Waals surface area (Å²) in [6.07, 6.45) is 1.09. The summed E-state index contributed by atoms with van der Waals surface area (Å²) in [4.78, 5) is 0. The molecule has 0 saturated carbocycles. The van der Waals surface area contributed by atoms with Gasteiger partial charge in [0.1, 0.15) is 5.56 Å². The zero-order chi connectivity index (χ0) is 14.8. The maximum absolute atomic E-state index is 12.9. The third kappa shape index (κ3) is 2.73. The molecule has 0 saturated heterocycles. The molecule has 0 unspecified atom stereocenters. The second-order valence-corrected chi connectivity index (χ2v) is 4.12. The Kier molecular flexibility index (Phi) is 3.91. The van der Waals surface area contributed by atoms with Crippen molar-refractivity contribution in [3.8, 4) is 23.9 Å². The summed E-state index contributed by atoms with van der Waals surface area (Å²) < 4.78 is 44.6. The first-order valence-electron chi connectivity index (χ1n) is 5.41. The van der Waals surface area contributed by atoms with Crippen LogP contribution < -0.4 is 4.74 Å². The van der Waals surface area contributed by atoms with Crippen molar-refractivity contribution in [1.82, 2.24) is 9.78 Å². The average Bonchev–Trinajstić information content (AvgIpc) is 2.80. The average molecular weight is 301 g/mol. The maximum atomic E-state index is 12.9. The van der Waals surface area contributed by atoms with Crippen LogP contribution in [0.2, 0.25) is 5.02 Å². The molecular formula is C13H8ClF3N2O. The van der Waals surface area contributed by atoms with Crippen molar-refractivity contribution in [2.45, 2.75) is 6.18 Å². The Morgan fingerprint density at radius 1 is 1.35 bits per heavy atom. The summed E-state index contributed by atoms with van der Waals surface area (Å²) in [6, 6.07) is 6.35. The first-order chi connectivity index (χ1) is 9.45. The van der Waals surface area contributed by atoms with E-state index in [1.807, 2.05) is 0 Å². The summed E-state index contributed by atoms with van der Waals surface area (Å²) in [7, 11) is 0. The molecular weight excluding hydrogens is 293 g/mol. The van der Waals surface area contributed by atoms with Crippen LogP contribution in [-0.4, -0.2) is 16.4 Å². The van der Waals surface area contributed by atoms with Gasteiger partial charge in [-0.2, -0.15) is 23.0 Å². The maximum Gasteiger partial charge on any atom is 0.423 e. The normalized spacial score (nSPS) is 11.2. The lowest BCUT2D eigenvalue weighted by atomic mass is 10.3. The fourth-order valence-electron chi connectivity index (χ4n) is 1.58. The van der Waals surface area contributed by atoms with E-state index in [4.69, 9.17) is 22.8 Å². The highest BCUT2D eigenvalue weighted by Crippen LogP contribution is 2.38. The summed E-state index contributed by atoms with van der Waals surface area (Å²) in [6.45, 7) is -0.306. The van der Waals surface area contributed by atoms with Gasteiger partial charge in [0.25, 0.3) is 0 Å². The summed E-state index contributed by atoms with van der Waals surface area (Å²) in [5.74, 6) is 1.63. The molecule has 2 aromatic rings. The Morgan fingerprint density at radius 2 is 2.05 bits per heavy atom. The number of ether oxygens (including phenoxy) is 1. The van der Waals surface area contributed by atoms with E-state index in [-0.39, 0.29) is 17.3 Å². The number of benzene rings is 1. The van der Waals surface area contributed by atoms with E-state index >= 15 is 0 Å². The van der Waals surface area contributed by atoms with Gasteiger partial charge in [-0.25, -0.2) is 0 Å². The van der Waals surface area contributed by atoms with Gasteiger partial charge in [0.15, 0.2) is 6.61 Å². The van der Waals surface area contributed by atoms with Gasteiger partial charge >= 0.3 is 6.18 Å². The number of hydrogen-bond donors (Lipinski definition) is 0. The van der Waals surface area contributed by atoms with Crippen molar-refractivity contribution in [3.05, 3.63) is 41.0 Å². The zero-order valence-electron chi connectivity index (χ0n) is 9.99. The van der Waals surface area contributed by atoms with Crippen LogP contribution in [-0.2, 0) is 6.18 Å². The van der Waals surface area contributed by atoms with E-state index in [9.17, 15) is 13.2 Å². The molecule has 7 heteroatoms. The lowest BCUT2D eigenvalue weighted by Crippen LogP contribution is -2.10. The molecule has 0 radical (unpaired) electrons. The van der Waals surface area contributed by atoms with Crippen LogP contribution in [0.5, 0.6) is 5.88 Å². The van der Waals surface area contributed by atoms with Crippen molar-refractivity contribution in [2.75, 3.05) is 6.61 Å². The molecule has 0 amide bonds. The molecule has 0 aliphatic rings. The number of nitrogens with zero attached hydrogens (tertiary/aromatic N) is 2. The monoisotopic (exact) mass is 300 g/mol. The van der Waals surface area contributed by atoms with Gasteiger partial charge < -0.3 is 4.74 Å². The van der Waals surface area contributed by atoms with Gasteiger partial charge in [0.2, 0.25) is 5.88 Å². The minimum absolute atomic E-state index is 0.245. The van der Waals surface area contributed by atoms with Crippen LogP contribution in [0.1, 0.15) is 5.56 Å². The predicted octanol–water partition coefficient (Wildman–Crippen LogP) is 3.56.